The molecule has 0 bridgehead atoms. The van der Waals surface area contributed by atoms with Crippen LogP contribution in [0.3, 0.4) is 0 Å². The Morgan fingerprint density at radius 1 is 0.327 bits per heavy atom. The lowest BCUT2D eigenvalue weighted by Crippen LogP contribution is -2.01. The van der Waals surface area contributed by atoms with Crippen molar-refractivity contribution in [1.29, 1.82) is 0 Å². The number of hydrogen-bond acceptors (Lipinski definition) is 4. The van der Waals surface area contributed by atoms with Crippen LogP contribution >= 0.6 is 0 Å². The molecule has 0 aliphatic carbocycles. The highest BCUT2D eigenvalue weighted by Crippen LogP contribution is 2.41. The van der Waals surface area contributed by atoms with Crippen LogP contribution in [0, 0.1) is 0 Å². The van der Waals surface area contributed by atoms with Gasteiger partial charge in [-0.1, -0.05) is 140 Å². The molecule has 2 aromatic heterocycles. The molecule has 0 fully saturated rings. The molecule has 0 aliphatic rings. The summed E-state index contributed by atoms with van der Waals surface area (Å²) in [6.07, 6.45) is 0. The number of nitrogens with zero attached hydrogens (tertiary/aromatic N) is 3. The SMILES string of the molecule is c1ccc(-c2cc(-c3nc(-c4ccccc4)nc(-c4cc5c6ccccc6ccc5c5ccccc45)n3)c3c(c2)oc2ccccc23)cc1. The molecule has 0 atom stereocenters. The Balaban J connectivity index is 1.32. The van der Waals surface area contributed by atoms with Crippen molar-refractivity contribution < 1.29 is 4.42 Å². The second kappa shape index (κ2) is 11.0. The predicted molar refractivity (Wildman–Crippen MR) is 201 cm³/mol. The van der Waals surface area contributed by atoms with Crippen molar-refractivity contribution in [1.82, 2.24) is 15.0 Å². The number of rotatable bonds is 4. The Bertz CT molecular complexity index is 2880. The van der Waals surface area contributed by atoms with Crippen LogP contribution in [0.1, 0.15) is 0 Å². The fraction of sp³-hybridized carbons (Fsp3) is 0. The van der Waals surface area contributed by atoms with E-state index in [0.717, 1.165) is 55.1 Å². The average molecular weight is 626 g/mol. The van der Waals surface area contributed by atoms with Gasteiger partial charge in [-0.25, -0.2) is 15.0 Å². The highest BCUT2D eigenvalue weighted by atomic mass is 16.3. The van der Waals surface area contributed by atoms with E-state index < -0.39 is 0 Å². The summed E-state index contributed by atoms with van der Waals surface area (Å²) in [5.74, 6) is 1.84. The van der Waals surface area contributed by atoms with E-state index in [-0.39, 0.29) is 0 Å². The van der Waals surface area contributed by atoms with Gasteiger partial charge >= 0.3 is 0 Å². The van der Waals surface area contributed by atoms with Crippen LogP contribution in [0.5, 0.6) is 0 Å². The third-order valence-corrected chi connectivity index (χ3v) is 9.50. The van der Waals surface area contributed by atoms with Crippen molar-refractivity contribution in [3.8, 4) is 45.3 Å². The summed E-state index contributed by atoms with van der Waals surface area (Å²) < 4.78 is 6.48. The molecule has 0 unspecified atom stereocenters. The molecule has 0 radical (unpaired) electrons. The average Bonchev–Trinajstić information content (AvgIpc) is 3.56. The highest BCUT2D eigenvalue weighted by molar-refractivity contribution is 6.21. The molecule has 0 aliphatic heterocycles. The topological polar surface area (TPSA) is 51.8 Å². The Labute approximate surface area is 282 Å². The summed E-state index contributed by atoms with van der Waals surface area (Å²) >= 11 is 0. The van der Waals surface area contributed by atoms with Crippen molar-refractivity contribution in [2.24, 2.45) is 0 Å². The predicted octanol–water partition coefficient (Wildman–Crippen LogP) is 11.9. The number of aromatic nitrogens is 3. The first-order valence-corrected chi connectivity index (χ1v) is 16.4. The Morgan fingerprint density at radius 3 is 1.71 bits per heavy atom. The van der Waals surface area contributed by atoms with E-state index in [1.54, 1.807) is 0 Å². The smallest absolute Gasteiger partial charge is 0.164 e. The van der Waals surface area contributed by atoms with E-state index in [0.29, 0.717) is 17.5 Å². The van der Waals surface area contributed by atoms with Gasteiger partial charge < -0.3 is 4.42 Å². The molecule has 4 heteroatoms. The fourth-order valence-electron chi connectivity index (χ4n) is 7.21. The molecule has 10 rings (SSSR count). The van der Waals surface area contributed by atoms with Crippen molar-refractivity contribution in [2.45, 2.75) is 0 Å². The van der Waals surface area contributed by atoms with E-state index in [1.807, 2.05) is 42.5 Å². The van der Waals surface area contributed by atoms with Crippen LogP contribution in [0.15, 0.2) is 168 Å². The third kappa shape index (κ3) is 4.49. The highest BCUT2D eigenvalue weighted by Gasteiger charge is 2.21. The first kappa shape index (κ1) is 27.5. The van der Waals surface area contributed by atoms with Gasteiger partial charge in [0, 0.05) is 27.5 Å². The maximum Gasteiger partial charge on any atom is 0.164 e. The lowest BCUT2D eigenvalue weighted by molar-refractivity contribution is 0.669. The van der Waals surface area contributed by atoms with Gasteiger partial charge in [0.2, 0.25) is 0 Å². The van der Waals surface area contributed by atoms with E-state index in [4.69, 9.17) is 19.4 Å². The van der Waals surface area contributed by atoms with Gasteiger partial charge in [-0.3, -0.25) is 0 Å². The van der Waals surface area contributed by atoms with E-state index in [1.165, 1.54) is 26.9 Å². The minimum absolute atomic E-state index is 0.597. The van der Waals surface area contributed by atoms with Gasteiger partial charge in [-0.05, 0) is 67.7 Å². The molecule has 228 valence electrons. The molecule has 8 aromatic carbocycles. The first-order valence-electron chi connectivity index (χ1n) is 16.4. The summed E-state index contributed by atoms with van der Waals surface area (Å²) in [4.78, 5) is 15.7. The van der Waals surface area contributed by atoms with Crippen molar-refractivity contribution in [3.05, 3.63) is 164 Å². The van der Waals surface area contributed by atoms with Crippen LogP contribution in [-0.2, 0) is 0 Å². The van der Waals surface area contributed by atoms with E-state index >= 15 is 0 Å². The lowest BCUT2D eigenvalue weighted by Gasteiger charge is -2.14. The summed E-state index contributed by atoms with van der Waals surface area (Å²) in [7, 11) is 0. The standard InChI is InChI=1S/C45H27N3O/c1-3-13-28(14-4-1)31-25-39(42-36-21-11-12-22-40(36)49-41(42)26-31)45-47-43(30-16-5-2-6-17-30)46-44(48-45)38-27-37-32-18-8-7-15-29(32)23-24-35(37)33-19-9-10-20-34(33)38/h1-27H. The molecular formula is C45H27N3O. The summed E-state index contributed by atoms with van der Waals surface area (Å²) in [5.41, 5.74) is 6.54. The molecule has 0 saturated heterocycles. The molecule has 0 saturated carbocycles. The molecular weight excluding hydrogens is 599 g/mol. The quantitative estimate of drug-likeness (QED) is 0.183. The maximum absolute atomic E-state index is 6.48. The zero-order valence-corrected chi connectivity index (χ0v) is 26.3. The van der Waals surface area contributed by atoms with E-state index in [2.05, 4.69) is 121 Å². The minimum atomic E-state index is 0.597. The zero-order valence-electron chi connectivity index (χ0n) is 26.3. The Hall–Kier alpha value is -6.65. The van der Waals surface area contributed by atoms with Crippen LogP contribution in [0.2, 0.25) is 0 Å². The number of para-hydroxylation sites is 1. The van der Waals surface area contributed by atoms with Crippen LogP contribution in [0.4, 0.5) is 0 Å². The maximum atomic E-state index is 6.48. The fourth-order valence-corrected chi connectivity index (χ4v) is 7.21. The zero-order chi connectivity index (χ0) is 32.3. The van der Waals surface area contributed by atoms with Gasteiger partial charge in [-0.15, -0.1) is 0 Å². The third-order valence-electron chi connectivity index (χ3n) is 9.50. The van der Waals surface area contributed by atoms with E-state index in [9.17, 15) is 0 Å². The van der Waals surface area contributed by atoms with Gasteiger partial charge in [0.25, 0.3) is 0 Å². The monoisotopic (exact) mass is 625 g/mol. The molecule has 0 amide bonds. The molecule has 2 heterocycles. The Kier molecular flexibility index (Phi) is 6.15. The largest absolute Gasteiger partial charge is 0.456 e. The first-order chi connectivity index (χ1) is 24.3. The number of furan rings is 1. The molecule has 0 N–H and O–H groups in total. The number of benzene rings is 8. The van der Waals surface area contributed by atoms with Crippen molar-refractivity contribution in [2.75, 3.05) is 0 Å². The van der Waals surface area contributed by atoms with Gasteiger partial charge in [0.1, 0.15) is 11.2 Å². The molecule has 10 aromatic rings. The number of fused-ring (bicyclic) bond motifs is 8. The van der Waals surface area contributed by atoms with Crippen molar-refractivity contribution >= 4 is 54.3 Å². The summed E-state index contributed by atoms with van der Waals surface area (Å²) in [6, 6.07) is 56.8. The molecule has 49 heavy (non-hydrogen) atoms. The van der Waals surface area contributed by atoms with Gasteiger partial charge in [-0.2, -0.15) is 0 Å². The minimum Gasteiger partial charge on any atom is -0.456 e. The molecule has 4 nitrogen and oxygen atoms in total. The second-order valence-electron chi connectivity index (χ2n) is 12.4. The van der Waals surface area contributed by atoms with Gasteiger partial charge in [0.15, 0.2) is 17.5 Å². The van der Waals surface area contributed by atoms with Crippen LogP contribution in [0.25, 0.3) is 99.5 Å². The normalized spacial score (nSPS) is 11.7. The lowest BCUT2D eigenvalue weighted by atomic mass is 9.93. The number of hydrogen-bond donors (Lipinski definition) is 0. The van der Waals surface area contributed by atoms with Gasteiger partial charge in [0.05, 0.1) is 0 Å². The van der Waals surface area contributed by atoms with Crippen LogP contribution < -0.4 is 0 Å². The summed E-state index contributed by atoms with van der Waals surface area (Å²) in [6.45, 7) is 0. The second-order valence-corrected chi connectivity index (χ2v) is 12.4. The molecule has 0 spiro atoms. The van der Waals surface area contributed by atoms with Crippen molar-refractivity contribution in [3.63, 3.8) is 0 Å². The Morgan fingerprint density at radius 2 is 0.918 bits per heavy atom. The summed E-state index contributed by atoms with van der Waals surface area (Å²) in [5, 5.41) is 9.05. The van der Waals surface area contributed by atoms with Crippen LogP contribution in [-0.4, -0.2) is 15.0 Å².